The van der Waals surface area contributed by atoms with Crippen LogP contribution in [0.25, 0.3) is 0 Å². The van der Waals surface area contributed by atoms with Crippen molar-refractivity contribution in [1.29, 1.82) is 0 Å². The molecule has 2 aliphatic carbocycles. The zero-order valence-electron chi connectivity index (χ0n) is 25.3. The quantitative estimate of drug-likeness (QED) is 0.215. The summed E-state index contributed by atoms with van der Waals surface area (Å²) in [7, 11) is -0.382. The lowest BCUT2D eigenvalue weighted by Gasteiger charge is -2.49. The summed E-state index contributed by atoms with van der Waals surface area (Å²) >= 11 is 6.06. The standard InChI is InChI=1S/C34H29BClFN2O8/c1-34-24(31(42)39(33(34)44)18-6-11-26(37)25(36)13-18)15-23-20(29(34)21-8-7-19(40)14-27(21)47-2)9-10-22-28(23)32(43)38(30(22)41)17-5-3-4-16(12-17)35(45)46/h3-9,11-14,22-24,28-29,40,45-46H,10,15H2,1-2H3/t22-,23+,24-,28-,29+,34+/m0/s1. The molecular weight excluding hydrogens is 630 g/mol. The van der Waals surface area contributed by atoms with E-state index < -0.39 is 71.6 Å². The predicted molar refractivity (Wildman–Crippen MR) is 169 cm³/mol. The molecule has 3 fully saturated rings. The number of methoxy groups -OCH3 is 1. The van der Waals surface area contributed by atoms with Gasteiger partial charge in [-0.15, -0.1) is 0 Å². The number of rotatable bonds is 5. The van der Waals surface area contributed by atoms with Crippen molar-refractivity contribution in [2.75, 3.05) is 16.9 Å². The van der Waals surface area contributed by atoms with Crippen LogP contribution in [0.4, 0.5) is 15.8 Å². The topological polar surface area (TPSA) is 145 Å². The van der Waals surface area contributed by atoms with E-state index in [9.17, 15) is 38.7 Å². The predicted octanol–water partition coefficient (Wildman–Crippen LogP) is 3.31. The van der Waals surface area contributed by atoms with Gasteiger partial charge in [0.25, 0.3) is 0 Å². The number of hydrogen-bond acceptors (Lipinski definition) is 8. The molecule has 0 bridgehead atoms. The molecule has 0 spiro atoms. The van der Waals surface area contributed by atoms with Crippen molar-refractivity contribution < 1.29 is 43.5 Å². The van der Waals surface area contributed by atoms with E-state index in [0.29, 0.717) is 11.1 Å². The molecule has 0 radical (unpaired) electrons. The van der Waals surface area contributed by atoms with Crippen LogP contribution in [-0.2, 0) is 19.2 Å². The zero-order valence-corrected chi connectivity index (χ0v) is 26.0. The smallest absolute Gasteiger partial charge is 0.488 e. The molecule has 3 aromatic rings. The first-order chi connectivity index (χ1) is 22.4. The number of halogens is 2. The van der Waals surface area contributed by atoms with Crippen LogP contribution >= 0.6 is 11.6 Å². The molecule has 3 N–H and O–H groups in total. The molecule has 47 heavy (non-hydrogen) atoms. The van der Waals surface area contributed by atoms with Gasteiger partial charge in [0.2, 0.25) is 23.6 Å². The average molecular weight is 659 g/mol. The fourth-order valence-electron chi connectivity index (χ4n) is 8.25. The Balaban J connectivity index is 1.37. The van der Waals surface area contributed by atoms with Gasteiger partial charge in [-0.05, 0) is 67.5 Å². The highest BCUT2D eigenvalue weighted by Gasteiger charge is 2.68. The maximum Gasteiger partial charge on any atom is 0.488 e. The van der Waals surface area contributed by atoms with Gasteiger partial charge in [0.05, 0.1) is 46.7 Å². The summed E-state index contributed by atoms with van der Waals surface area (Å²) in [5.74, 6) is -6.50. The van der Waals surface area contributed by atoms with Crippen LogP contribution < -0.4 is 20.0 Å². The Hall–Kier alpha value is -4.52. The summed E-state index contributed by atoms with van der Waals surface area (Å²) in [6, 6.07) is 14.0. The molecule has 6 atom stereocenters. The Morgan fingerprint density at radius 2 is 1.68 bits per heavy atom. The molecule has 2 heterocycles. The van der Waals surface area contributed by atoms with Gasteiger partial charge in [0.15, 0.2) is 0 Å². The second kappa shape index (κ2) is 11.0. The summed E-state index contributed by atoms with van der Waals surface area (Å²) in [6.07, 6.45) is 2.15. The summed E-state index contributed by atoms with van der Waals surface area (Å²) < 4.78 is 19.8. The lowest BCUT2D eigenvalue weighted by molar-refractivity contribution is -0.131. The largest absolute Gasteiger partial charge is 0.508 e. The molecule has 7 rings (SSSR count). The number of ether oxygens (including phenoxy) is 1. The number of phenolic OH excluding ortho intramolecular Hbond substituents is 1. The van der Waals surface area contributed by atoms with Crippen molar-refractivity contribution in [2.45, 2.75) is 25.7 Å². The highest BCUT2D eigenvalue weighted by atomic mass is 35.5. The maximum atomic E-state index is 14.5. The number of allylic oxidation sites excluding steroid dienone is 2. The number of fused-ring (bicyclic) bond motifs is 4. The van der Waals surface area contributed by atoms with Gasteiger partial charge < -0.3 is 19.9 Å². The van der Waals surface area contributed by atoms with E-state index in [0.717, 1.165) is 15.9 Å². The van der Waals surface area contributed by atoms with Crippen LogP contribution in [0.2, 0.25) is 5.02 Å². The zero-order chi connectivity index (χ0) is 33.5. The Morgan fingerprint density at radius 3 is 2.38 bits per heavy atom. The van der Waals surface area contributed by atoms with E-state index in [1.54, 1.807) is 19.1 Å². The molecule has 2 aliphatic heterocycles. The number of imide groups is 2. The van der Waals surface area contributed by atoms with Crippen molar-refractivity contribution in [1.82, 2.24) is 0 Å². The van der Waals surface area contributed by atoms with Crippen molar-refractivity contribution >= 4 is 59.2 Å². The molecule has 240 valence electrons. The molecule has 1 saturated carbocycles. The third kappa shape index (κ3) is 4.46. The van der Waals surface area contributed by atoms with E-state index in [1.165, 1.54) is 49.6 Å². The van der Waals surface area contributed by atoms with E-state index in [1.807, 2.05) is 6.08 Å². The summed E-state index contributed by atoms with van der Waals surface area (Å²) in [5.41, 5.74) is 0.250. The third-order valence-corrected chi connectivity index (χ3v) is 10.7. The maximum absolute atomic E-state index is 14.5. The third-order valence-electron chi connectivity index (χ3n) is 10.4. The van der Waals surface area contributed by atoms with E-state index >= 15 is 0 Å². The van der Waals surface area contributed by atoms with Crippen LogP contribution in [0.15, 0.2) is 72.3 Å². The van der Waals surface area contributed by atoms with Gasteiger partial charge >= 0.3 is 7.12 Å². The first kappa shape index (κ1) is 31.1. The Kier molecular flexibility index (Phi) is 7.30. The average Bonchev–Trinajstić information content (AvgIpc) is 3.42. The Bertz CT molecular complexity index is 1920. The monoisotopic (exact) mass is 658 g/mol. The second-order valence-corrected chi connectivity index (χ2v) is 13.1. The number of phenols is 1. The second-order valence-electron chi connectivity index (χ2n) is 12.7. The van der Waals surface area contributed by atoms with Gasteiger partial charge in [-0.2, -0.15) is 0 Å². The highest BCUT2D eigenvalue weighted by Crippen LogP contribution is 2.64. The van der Waals surface area contributed by atoms with Crippen LogP contribution in [0.5, 0.6) is 11.5 Å². The Morgan fingerprint density at radius 1 is 0.936 bits per heavy atom. The Labute approximate surface area is 274 Å². The van der Waals surface area contributed by atoms with Gasteiger partial charge in [-0.1, -0.05) is 41.4 Å². The molecule has 4 amide bonds. The minimum atomic E-state index is -1.81. The molecule has 0 unspecified atom stereocenters. The first-order valence-corrected chi connectivity index (χ1v) is 15.5. The van der Waals surface area contributed by atoms with Crippen molar-refractivity contribution in [3.63, 3.8) is 0 Å². The van der Waals surface area contributed by atoms with Crippen LogP contribution in [0.3, 0.4) is 0 Å². The molecule has 3 aromatic carbocycles. The minimum Gasteiger partial charge on any atom is -0.508 e. The lowest BCUT2D eigenvalue weighted by atomic mass is 9.51. The molecular formula is C34H29BClFN2O8. The molecule has 0 aromatic heterocycles. The number of amides is 4. The summed E-state index contributed by atoms with van der Waals surface area (Å²) in [4.78, 5) is 59.0. The number of hydrogen-bond donors (Lipinski definition) is 3. The van der Waals surface area contributed by atoms with Crippen molar-refractivity contribution in [3.05, 3.63) is 88.7 Å². The fourth-order valence-corrected chi connectivity index (χ4v) is 8.42. The van der Waals surface area contributed by atoms with Gasteiger partial charge in [0.1, 0.15) is 17.3 Å². The first-order valence-electron chi connectivity index (χ1n) is 15.1. The van der Waals surface area contributed by atoms with Gasteiger partial charge in [-0.3, -0.25) is 24.1 Å². The number of aromatic hydroxyl groups is 1. The minimum absolute atomic E-state index is 0.0730. The van der Waals surface area contributed by atoms with E-state index in [2.05, 4.69) is 0 Å². The number of anilines is 2. The van der Waals surface area contributed by atoms with Crippen molar-refractivity contribution in [3.8, 4) is 11.5 Å². The number of carbonyl (C=O) groups is 4. The SMILES string of the molecule is COc1cc(O)ccc1[C@H]1C2=CC[C@@H]3C(=O)N(c4cccc(B(O)O)c4)C(=O)[C@@H]3[C@@H]2C[C@H]2C(=O)N(c3ccc(F)c(Cl)c3)C(=O)[C@@]12C. The number of carbonyl (C=O) groups excluding carboxylic acids is 4. The van der Waals surface area contributed by atoms with Crippen LogP contribution in [-0.4, -0.2) is 53.0 Å². The van der Waals surface area contributed by atoms with Crippen LogP contribution in [0.1, 0.15) is 31.2 Å². The molecule has 2 saturated heterocycles. The van der Waals surface area contributed by atoms with E-state index in [4.69, 9.17) is 16.3 Å². The number of benzene rings is 3. The van der Waals surface area contributed by atoms with Gasteiger partial charge in [0, 0.05) is 17.5 Å². The number of nitrogens with zero attached hydrogens (tertiary/aromatic N) is 2. The van der Waals surface area contributed by atoms with E-state index in [-0.39, 0.29) is 46.2 Å². The van der Waals surface area contributed by atoms with Gasteiger partial charge in [-0.25, -0.2) is 9.29 Å². The normalized spacial score (nSPS) is 28.2. The molecule has 10 nitrogen and oxygen atoms in total. The molecule has 4 aliphatic rings. The highest BCUT2D eigenvalue weighted by molar-refractivity contribution is 6.58. The lowest BCUT2D eigenvalue weighted by Crippen LogP contribution is -2.49. The molecule has 13 heteroatoms. The fraction of sp³-hybridized carbons (Fsp3) is 0.294. The summed E-state index contributed by atoms with van der Waals surface area (Å²) in [5, 5.41) is 29.4. The van der Waals surface area contributed by atoms with Crippen LogP contribution in [0, 0.1) is 34.9 Å². The summed E-state index contributed by atoms with van der Waals surface area (Å²) in [6.45, 7) is 1.70. The van der Waals surface area contributed by atoms with Crippen molar-refractivity contribution in [2.24, 2.45) is 29.1 Å².